The Morgan fingerprint density at radius 3 is 2.79 bits per heavy atom. The van der Waals surface area contributed by atoms with Gasteiger partial charge >= 0.3 is 0 Å². The summed E-state index contributed by atoms with van der Waals surface area (Å²) < 4.78 is 29.9. The van der Waals surface area contributed by atoms with E-state index in [1.807, 2.05) is 6.07 Å². The lowest BCUT2D eigenvalue weighted by Crippen LogP contribution is -2.42. The first-order valence-corrected chi connectivity index (χ1v) is 12.7. The van der Waals surface area contributed by atoms with Gasteiger partial charge in [-0.3, -0.25) is 4.79 Å². The summed E-state index contributed by atoms with van der Waals surface area (Å²) in [5.74, 6) is -0.789. The second kappa shape index (κ2) is 8.13. The average molecular weight is 490 g/mol. The van der Waals surface area contributed by atoms with Crippen molar-refractivity contribution in [2.75, 3.05) is 13.1 Å². The molecule has 1 aliphatic heterocycles. The van der Waals surface area contributed by atoms with E-state index in [1.165, 1.54) is 27.0 Å². The summed E-state index contributed by atoms with van der Waals surface area (Å²) in [5.41, 5.74) is 0.723. The fraction of sp³-hybridized carbons (Fsp3) is 0.333. The average Bonchev–Trinajstić information content (AvgIpc) is 3.35. The maximum Gasteiger partial charge on any atom is 0.252 e. The molecule has 1 saturated heterocycles. The third kappa shape index (κ3) is 3.92. The zero-order valence-electron chi connectivity index (χ0n) is 15.3. The van der Waals surface area contributed by atoms with E-state index in [0.717, 1.165) is 10.2 Å². The number of thiazole rings is 1. The summed E-state index contributed by atoms with van der Waals surface area (Å²) in [6, 6.07) is 6.84. The van der Waals surface area contributed by atoms with E-state index in [0.29, 0.717) is 38.4 Å². The molecule has 1 fully saturated rings. The van der Waals surface area contributed by atoms with Gasteiger partial charge in [-0.05, 0) is 36.4 Å². The van der Waals surface area contributed by atoms with Crippen LogP contribution in [0.5, 0.6) is 0 Å². The zero-order valence-corrected chi connectivity index (χ0v) is 19.3. The van der Waals surface area contributed by atoms with E-state index >= 15 is 0 Å². The Kier molecular flexibility index (Phi) is 5.89. The molecule has 0 saturated carbocycles. The van der Waals surface area contributed by atoms with Crippen molar-refractivity contribution < 1.29 is 13.2 Å². The topological polar surface area (TPSA) is 71.7 Å². The normalized spacial score (nSPS) is 19.1. The zero-order chi connectivity index (χ0) is 20.8. The number of aryl methyl sites for hydroxylation is 1. The van der Waals surface area contributed by atoms with Gasteiger partial charge in [-0.25, -0.2) is 8.42 Å². The standard InChI is InChI=1S/C18H17Cl2N3O3S3/c1-22-16-13(7-6-12(19)15(16)20)28-18(22)21-17(24)11-4-2-8-23(10-11)29(25,26)14-5-3-9-27-14/h3,5-7,9,11H,2,4,8,10H2,1H3. The highest BCUT2D eigenvalue weighted by Crippen LogP contribution is 2.32. The van der Waals surface area contributed by atoms with Crippen molar-refractivity contribution in [3.63, 3.8) is 0 Å². The molecule has 11 heteroatoms. The maximum atomic E-state index is 12.9. The van der Waals surface area contributed by atoms with Crippen molar-refractivity contribution in [2.24, 2.45) is 18.0 Å². The summed E-state index contributed by atoms with van der Waals surface area (Å²) >= 11 is 14.9. The van der Waals surface area contributed by atoms with Crippen molar-refractivity contribution >= 4 is 72.0 Å². The van der Waals surface area contributed by atoms with Gasteiger partial charge in [0.05, 0.1) is 26.2 Å². The molecule has 4 rings (SSSR count). The number of sulfonamides is 1. The first kappa shape index (κ1) is 21.0. The van der Waals surface area contributed by atoms with Crippen LogP contribution in [0.1, 0.15) is 12.8 Å². The van der Waals surface area contributed by atoms with Crippen molar-refractivity contribution in [1.82, 2.24) is 8.87 Å². The van der Waals surface area contributed by atoms with Crippen LogP contribution in [0.4, 0.5) is 0 Å². The molecule has 0 radical (unpaired) electrons. The van der Waals surface area contributed by atoms with Crippen molar-refractivity contribution in [2.45, 2.75) is 17.1 Å². The largest absolute Gasteiger partial charge is 0.318 e. The molecule has 0 spiro atoms. The molecule has 3 heterocycles. The predicted octanol–water partition coefficient (Wildman–Crippen LogP) is 4.14. The highest BCUT2D eigenvalue weighted by atomic mass is 35.5. The Morgan fingerprint density at radius 1 is 1.28 bits per heavy atom. The Bertz CT molecular complexity index is 1250. The summed E-state index contributed by atoms with van der Waals surface area (Å²) in [7, 11) is -1.79. The molecule has 1 aliphatic rings. The fourth-order valence-electron chi connectivity index (χ4n) is 3.36. The van der Waals surface area contributed by atoms with Crippen molar-refractivity contribution in [3.8, 4) is 0 Å². The summed E-state index contributed by atoms with van der Waals surface area (Å²) in [4.78, 5) is 17.7. The number of halogens is 2. The molecule has 1 unspecified atom stereocenters. The molecular weight excluding hydrogens is 473 g/mol. The second-order valence-electron chi connectivity index (χ2n) is 6.74. The minimum atomic E-state index is -3.57. The lowest BCUT2D eigenvalue weighted by Gasteiger charge is -2.29. The van der Waals surface area contributed by atoms with Crippen molar-refractivity contribution in [3.05, 3.63) is 44.5 Å². The van der Waals surface area contributed by atoms with Crippen LogP contribution in [-0.4, -0.2) is 36.3 Å². The molecule has 1 aromatic carbocycles. The highest BCUT2D eigenvalue weighted by Gasteiger charge is 2.33. The van der Waals surface area contributed by atoms with E-state index in [1.54, 1.807) is 35.2 Å². The number of thiophene rings is 1. The molecule has 6 nitrogen and oxygen atoms in total. The lowest BCUT2D eigenvalue weighted by atomic mass is 9.99. The molecule has 29 heavy (non-hydrogen) atoms. The molecule has 1 atom stereocenters. The van der Waals surface area contributed by atoms with Crippen LogP contribution in [0.25, 0.3) is 10.2 Å². The first-order chi connectivity index (χ1) is 13.8. The number of piperidine rings is 1. The maximum absolute atomic E-state index is 12.9. The number of rotatable bonds is 3. The Labute approximate surface area is 186 Å². The summed E-state index contributed by atoms with van der Waals surface area (Å²) in [6.45, 7) is 0.554. The SMILES string of the molecule is Cn1c(=NC(=O)C2CCCN(S(=O)(=O)c3cccs3)C2)sc2ccc(Cl)c(Cl)c21. The minimum absolute atomic E-state index is 0.143. The third-order valence-corrected chi connectivity index (χ3v) is 10.0. The molecule has 2 aromatic heterocycles. The number of benzene rings is 1. The fourth-order valence-corrected chi connectivity index (χ4v) is 7.56. The number of hydrogen-bond donors (Lipinski definition) is 0. The molecular formula is C18H17Cl2N3O3S3. The minimum Gasteiger partial charge on any atom is -0.318 e. The van der Waals surface area contributed by atoms with E-state index in [4.69, 9.17) is 23.2 Å². The first-order valence-electron chi connectivity index (χ1n) is 8.85. The Balaban J connectivity index is 1.63. The van der Waals surface area contributed by atoms with Gasteiger partial charge in [0.1, 0.15) is 4.21 Å². The lowest BCUT2D eigenvalue weighted by molar-refractivity contribution is -0.122. The number of carbonyl (C=O) groups excluding carboxylic acids is 1. The Hall–Kier alpha value is -1.23. The molecule has 154 valence electrons. The molecule has 0 bridgehead atoms. The summed E-state index contributed by atoms with van der Waals surface area (Å²) in [5, 5.41) is 2.59. The molecule has 3 aromatic rings. The van der Waals surface area contributed by atoms with Crippen LogP contribution in [-0.2, 0) is 21.9 Å². The number of aromatic nitrogens is 1. The van der Waals surface area contributed by atoms with Gasteiger partial charge in [-0.15, -0.1) is 11.3 Å². The van der Waals surface area contributed by atoms with Crippen molar-refractivity contribution in [1.29, 1.82) is 0 Å². The van der Waals surface area contributed by atoms with Gasteiger partial charge in [0.25, 0.3) is 15.9 Å². The van der Waals surface area contributed by atoms with E-state index in [9.17, 15) is 13.2 Å². The number of carbonyl (C=O) groups is 1. The van der Waals surface area contributed by atoms with E-state index in [2.05, 4.69) is 4.99 Å². The molecule has 0 aliphatic carbocycles. The third-order valence-electron chi connectivity index (χ3n) is 4.88. The van der Waals surface area contributed by atoms with Crippen LogP contribution in [0.3, 0.4) is 0 Å². The van der Waals surface area contributed by atoms with E-state index in [-0.39, 0.29) is 12.5 Å². The van der Waals surface area contributed by atoms with Gasteiger partial charge in [0.15, 0.2) is 4.80 Å². The predicted molar refractivity (Wildman–Crippen MR) is 117 cm³/mol. The van der Waals surface area contributed by atoms with Gasteiger partial charge in [0.2, 0.25) is 0 Å². The van der Waals surface area contributed by atoms with E-state index < -0.39 is 15.9 Å². The van der Waals surface area contributed by atoms with Crippen LogP contribution < -0.4 is 4.80 Å². The van der Waals surface area contributed by atoms with Crippen LogP contribution in [0.2, 0.25) is 10.0 Å². The monoisotopic (exact) mass is 489 g/mol. The highest BCUT2D eigenvalue weighted by molar-refractivity contribution is 7.91. The number of fused-ring (bicyclic) bond motifs is 1. The summed E-state index contributed by atoms with van der Waals surface area (Å²) in [6.07, 6.45) is 1.23. The van der Waals surface area contributed by atoms with Gasteiger partial charge in [0, 0.05) is 20.1 Å². The smallest absolute Gasteiger partial charge is 0.252 e. The van der Waals surface area contributed by atoms with Gasteiger partial charge in [-0.1, -0.05) is 40.6 Å². The number of amides is 1. The second-order valence-corrected chi connectivity index (χ2v) is 11.6. The molecule has 1 amide bonds. The van der Waals surface area contributed by atoms with Gasteiger partial charge < -0.3 is 4.57 Å². The van der Waals surface area contributed by atoms with Crippen LogP contribution >= 0.6 is 45.9 Å². The quantitative estimate of drug-likeness (QED) is 0.554. The number of nitrogens with zero attached hydrogens (tertiary/aromatic N) is 3. The molecule has 0 N–H and O–H groups in total. The van der Waals surface area contributed by atoms with Crippen LogP contribution in [0.15, 0.2) is 38.8 Å². The Morgan fingerprint density at radius 2 is 2.07 bits per heavy atom. The van der Waals surface area contributed by atoms with Gasteiger partial charge in [-0.2, -0.15) is 9.30 Å². The number of hydrogen-bond acceptors (Lipinski definition) is 5. The van der Waals surface area contributed by atoms with Crippen LogP contribution in [0, 0.1) is 5.92 Å².